The van der Waals surface area contributed by atoms with Gasteiger partial charge in [0.2, 0.25) is 0 Å². The van der Waals surface area contributed by atoms with Gasteiger partial charge in [0.05, 0.1) is 18.2 Å². The predicted molar refractivity (Wildman–Crippen MR) is 78.1 cm³/mol. The molecule has 0 aromatic heterocycles. The molecule has 2 rings (SSSR count). The Morgan fingerprint density at radius 1 is 1.20 bits per heavy atom. The Morgan fingerprint density at radius 3 is 2.30 bits per heavy atom. The normalized spacial score (nSPS) is 15.4. The third-order valence-electron chi connectivity index (χ3n) is 3.39. The number of esters is 1. The van der Waals surface area contributed by atoms with Gasteiger partial charge in [-0.25, -0.2) is 4.79 Å². The van der Waals surface area contributed by atoms with E-state index in [4.69, 9.17) is 10.5 Å². The van der Waals surface area contributed by atoms with Crippen molar-refractivity contribution in [3.8, 4) is 0 Å². The Morgan fingerprint density at radius 2 is 1.75 bits per heavy atom. The van der Waals surface area contributed by atoms with Gasteiger partial charge in [0.25, 0.3) is 5.91 Å². The number of rotatable bonds is 2. The zero-order valence-corrected chi connectivity index (χ0v) is 12.2. The summed E-state index contributed by atoms with van der Waals surface area (Å²) in [6.07, 6.45) is 1.60. The number of hydrogen-bond donors (Lipinski definition) is 1. The van der Waals surface area contributed by atoms with Gasteiger partial charge in [-0.05, 0) is 25.0 Å². The van der Waals surface area contributed by atoms with Crippen LogP contribution < -0.4 is 5.73 Å². The van der Waals surface area contributed by atoms with Crippen molar-refractivity contribution in [1.82, 2.24) is 4.90 Å². The zero-order valence-electron chi connectivity index (χ0n) is 11.4. The fraction of sp³-hybridized carbons (Fsp3) is 0.429. The molecule has 0 spiro atoms. The molecular weight excluding hydrogens is 280 g/mol. The molecule has 0 radical (unpaired) electrons. The molecule has 5 nitrogen and oxygen atoms in total. The van der Waals surface area contributed by atoms with Crippen LogP contribution in [0.15, 0.2) is 24.3 Å². The van der Waals surface area contributed by atoms with E-state index in [0.29, 0.717) is 24.2 Å². The van der Waals surface area contributed by atoms with E-state index in [-0.39, 0.29) is 24.4 Å². The highest BCUT2D eigenvalue weighted by atomic mass is 35.5. The molecular formula is C14H19ClN2O3. The molecule has 1 heterocycles. The topological polar surface area (TPSA) is 72.6 Å². The Balaban J connectivity index is 0.00000200. The maximum atomic E-state index is 12.4. The van der Waals surface area contributed by atoms with E-state index in [1.165, 1.54) is 7.11 Å². The van der Waals surface area contributed by atoms with Crippen molar-refractivity contribution in [3.63, 3.8) is 0 Å². The highest BCUT2D eigenvalue weighted by Gasteiger charge is 2.25. The Kier molecular flexibility index (Phi) is 5.98. The van der Waals surface area contributed by atoms with Crippen LogP contribution in [0.4, 0.5) is 0 Å². The molecule has 1 amide bonds. The maximum Gasteiger partial charge on any atom is 0.338 e. The van der Waals surface area contributed by atoms with Crippen molar-refractivity contribution in [2.45, 2.75) is 18.9 Å². The van der Waals surface area contributed by atoms with Crippen LogP contribution in [0.25, 0.3) is 0 Å². The number of amides is 1. The summed E-state index contributed by atoms with van der Waals surface area (Å²) >= 11 is 0. The molecule has 1 fully saturated rings. The Labute approximate surface area is 124 Å². The van der Waals surface area contributed by atoms with Crippen LogP contribution in [0.2, 0.25) is 0 Å². The van der Waals surface area contributed by atoms with Crippen LogP contribution in [0, 0.1) is 0 Å². The van der Waals surface area contributed by atoms with Crippen molar-refractivity contribution >= 4 is 24.3 Å². The second kappa shape index (κ2) is 7.26. The molecule has 110 valence electrons. The molecule has 1 aromatic carbocycles. The van der Waals surface area contributed by atoms with Crippen molar-refractivity contribution in [3.05, 3.63) is 35.4 Å². The zero-order chi connectivity index (χ0) is 13.8. The van der Waals surface area contributed by atoms with Gasteiger partial charge in [-0.15, -0.1) is 12.4 Å². The third-order valence-corrected chi connectivity index (χ3v) is 3.39. The highest BCUT2D eigenvalue weighted by Crippen LogP contribution is 2.16. The fourth-order valence-corrected chi connectivity index (χ4v) is 2.23. The molecule has 0 saturated carbocycles. The van der Waals surface area contributed by atoms with Crippen molar-refractivity contribution in [1.29, 1.82) is 0 Å². The second-order valence-corrected chi connectivity index (χ2v) is 4.67. The number of piperidine rings is 1. The number of ether oxygens (including phenoxy) is 1. The van der Waals surface area contributed by atoms with Gasteiger partial charge in [0.15, 0.2) is 0 Å². The van der Waals surface area contributed by atoms with Crippen LogP contribution in [-0.4, -0.2) is 43.0 Å². The predicted octanol–water partition coefficient (Wildman–Crippen LogP) is 1.46. The quantitative estimate of drug-likeness (QED) is 0.839. The monoisotopic (exact) mass is 298 g/mol. The lowest BCUT2D eigenvalue weighted by molar-refractivity contribution is 0.0586. The van der Waals surface area contributed by atoms with Crippen LogP contribution >= 0.6 is 12.4 Å². The maximum absolute atomic E-state index is 12.4. The highest BCUT2D eigenvalue weighted by molar-refractivity contribution is 6.05. The first-order valence-corrected chi connectivity index (χ1v) is 6.35. The molecule has 0 bridgehead atoms. The van der Waals surface area contributed by atoms with E-state index in [2.05, 4.69) is 0 Å². The van der Waals surface area contributed by atoms with Crippen LogP contribution in [0.1, 0.15) is 33.6 Å². The second-order valence-electron chi connectivity index (χ2n) is 4.67. The summed E-state index contributed by atoms with van der Waals surface area (Å²) in [6, 6.07) is 6.89. The number of nitrogens with zero attached hydrogens (tertiary/aromatic N) is 1. The van der Waals surface area contributed by atoms with E-state index >= 15 is 0 Å². The lowest BCUT2D eigenvalue weighted by atomic mass is 10.0. The minimum Gasteiger partial charge on any atom is -0.465 e. The van der Waals surface area contributed by atoms with Gasteiger partial charge in [-0.3, -0.25) is 4.79 Å². The molecule has 20 heavy (non-hydrogen) atoms. The third kappa shape index (κ3) is 3.49. The summed E-state index contributed by atoms with van der Waals surface area (Å²) in [5, 5.41) is 0. The first-order valence-electron chi connectivity index (χ1n) is 6.35. The van der Waals surface area contributed by atoms with Gasteiger partial charge in [0, 0.05) is 19.1 Å². The van der Waals surface area contributed by atoms with E-state index in [1.54, 1.807) is 29.2 Å². The van der Waals surface area contributed by atoms with E-state index in [9.17, 15) is 9.59 Å². The first-order chi connectivity index (χ1) is 9.13. The summed E-state index contributed by atoms with van der Waals surface area (Å²) < 4.78 is 4.70. The molecule has 1 aromatic rings. The largest absolute Gasteiger partial charge is 0.465 e. The lowest BCUT2D eigenvalue weighted by Gasteiger charge is -2.30. The van der Waals surface area contributed by atoms with Crippen molar-refractivity contribution in [2.24, 2.45) is 5.73 Å². The smallest absolute Gasteiger partial charge is 0.338 e. The number of methoxy groups -OCH3 is 1. The minimum atomic E-state index is -0.488. The van der Waals surface area contributed by atoms with E-state index < -0.39 is 5.97 Å². The summed E-state index contributed by atoms with van der Waals surface area (Å²) in [5.74, 6) is -0.620. The van der Waals surface area contributed by atoms with E-state index in [1.807, 2.05) is 0 Å². The van der Waals surface area contributed by atoms with Gasteiger partial charge >= 0.3 is 5.97 Å². The average molecular weight is 299 g/mol. The summed E-state index contributed by atoms with van der Waals surface area (Å²) in [5.41, 5.74) is 6.53. The number of likely N-dealkylation sites (tertiary alicyclic amines) is 1. The van der Waals surface area contributed by atoms with Gasteiger partial charge in [-0.1, -0.05) is 12.1 Å². The molecule has 0 aliphatic carbocycles. The van der Waals surface area contributed by atoms with Crippen molar-refractivity contribution < 1.29 is 14.3 Å². The number of nitrogens with two attached hydrogens (primary N) is 1. The van der Waals surface area contributed by atoms with Crippen LogP contribution in [0.3, 0.4) is 0 Å². The molecule has 0 unspecified atom stereocenters. The summed E-state index contributed by atoms with van der Waals surface area (Å²) in [7, 11) is 1.31. The van der Waals surface area contributed by atoms with Crippen LogP contribution in [0.5, 0.6) is 0 Å². The molecule has 2 N–H and O–H groups in total. The number of hydrogen-bond acceptors (Lipinski definition) is 4. The number of carbonyl (C=O) groups is 2. The van der Waals surface area contributed by atoms with Gasteiger partial charge in [-0.2, -0.15) is 0 Å². The average Bonchev–Trinajstić information content (AvgIpc) is 2.46. The fourth-order valence-electron chi connectivity index (χ4n) is 2.23. The number of carbonyl (C=O) groups excluding carboxylic acids is 2. The lowest BCUT2D eigenvalue weighted by Crippen LogP contribution is -2.43. The summed E-state index contributed by atoms with van der Waals surface area (Å²) in [6.45, 7) is 1.27. The van der Waals surface area contributed by atoms with E-state index in [0.717, 1.165) is 12.8 Å². The standard InChI is InChI=1S/C14H18N2O3.ClH/c1-19-14(18)12-5-3-2-4-11(12)13(17)16-8-6-10(15)7-9-16;/h2-5,10H,6-9,15H2,1H3;1H. The molecule has 0 atom stereocenters. The molecule has 6 heteroatoms. The molecule has 1 aliphatic heterocycles. The van der Waals surface area contributed by atoms with Crippen LogP contribution in [-0.2, 0) is 4.74 Å². The Bertz CT molecular complexity index is 485. The summed E-state index contributed by atoms with van der Waals surface area (Å²) in [4.78, 5) is 25.8. The number of benzene rings is 1. The SMILES string of the molecule is COC(=O)c1ccccc1C(=O)N1CCC(N)CC1.Cl. The molecule has 1 saturated heterocycles. The molecule has 1 aliphatic rings. The van der Waals surface area contributed by atoms with Crippen molar-refractivity contribution in [2.75, 3.05) is 20.2 Å². The van der Waals surface area contributed by atoms with Gasteiger partial charge < -0.3 is 15.4 Å². The Hall–Kier alpha value is -1.59. The number of halogens is 1. The van der Waals surface area contributed by atoms with Gasteiger partial charge in [0.1, 0.15) is 0 Å². The first kappa shape index (κ1) is 16.5. The minimum absolute atomic E-state index is 0.